The van der Waals surface area contributed by atoms with E-state index in [2.05, 4.69) is 15.0 Å². The van der Waals surface area contributed by atoms with E-state index in [1.807, 2.05) is 42.2 Å². The summed E-state index contributed by atoms with van der Waals surface area (Å²) in [6.45, 7) is 4.56. The highest BCUT2D eigenvalue weighted by Crippen LogP contribution is 2.30. The molecule has 2 atom stereocenters. The number of carbonyl (C=O) groups excluding carboxylic acids is 1. The fourth-order valence-corrected chi connectivity index (χ4v) is 3.64. The third-order valence-electron chi connectivity index (χ3n) is 4.91. The van der Waals surface area contributed by atoms with Crippen molar-refractivity contribution in [2.75, 3.05) is 26.4 Å². The maximum atomic E-state index is 12.2. The largest absolute Gasteiger partial charge is 0.447 e. The Kier molecular flexibility index (Phi) is 4.40. The summed E-state index contributed by atoms with van der Waals surface area (Å²) in [5.74, 6) is 1.59. The van der Waals surface area contributed by atoms with Gasteiger partial charge in [-0.25, -0.2) is 4.79 Å². The van der Waals surface area contributed by atoms with E-state index in [1.165, 1.54) is 0 Å². The van der Waals surface area contributed by atoms with Crippen LogP contribution in [0.2, 0.25) is 0 Å². The van der Waals surface area contributed by atoms with Crippen LogP contribution in [0.25, 0.3) is 0 Å². The minimum Gasteiger partial charge on any atom is -0.447 e. The molecule has 1 aromatic heterocycles. The SMILES string of the molecule is Cc1noc([C@@H]2CCCN(CN3C(=O)OC[C@H]3c3ccccc3)C2)n1. The molecule has 1 aromatic carbocycles. The number of aromatic nitrogens is 2. The number of aryl methyl sites for hydroxylation is 1. The van der Waals surface area contributed by atoms with Crippen molar-refractivity contribution in [2.24, 2.45) is 0 Å². The molecule has 25 heavy (non-hydrogen) atoms. The Morgan fingerprint density at radius 1 is 1.28 bits per heavy atom. The first-order valence-corrected chi connectivity index (χ1v) is 8.71. The maximum Gasteiger partial charge on any atom is 0.411 e. The summed E-state index contributed by atoms with van der Waals surface area (Å²) in [4.78, 5) is 20.7. The van der Waals surface area contributed by atoms with Crippen molar-refractivity contribution in [1.82, 2.24) is 19.9 Å². The minimum atomic E-state index is -0.246. The van der Waals surface area contributed by atoms with Gasteiger partial charge in [0.05, 0.1) is 18.6 Å². The zero-order valence-electron chi connectivity index (χ0n) is 14.3. The molecule has 0 bridgehead atoms. The van der Waals surface area contributed by atoms with Gasteiger partial charge >= 0.3 is 6.09 Å². The molecule has 3 heterocycles. The van der Waals surface area contributed by atoms with Crippen LogP contribution < -0.4 is 0 Å². The molecule has 0 saturated carbocycles. The first-order valence-electron chi connectivity index (χ1n) is 8.71. The summed E-state index contributed by atoms with van der Waals surface area (Å²) in [7, 11) is 0. The second-order valence-electron chi connectivity index (χ2n) is 6.71. The number of cyclic esters (lactones) is 1. The Hall–Kier alpha value is -2.41. The number of carbonyl (C=O) groups is 1. The molecular formula is C18H22N4O3. The number of hydrogen-bond donors (Lipinski definition) is 0. The van der Waals surface area contributed by atoms with E-state index < -0.39 is 0 Å². The highest BCUT2D eigenvalue weighted by Gasteiger charge is 2.36. The molecule has 2 aromatic rings. The van der Waals surface area contributed by atoms with Crippen molar-refractivity contribution >= 4 is 6.09 Å². The van der Waals surface area contributed by atoms with Gasteiger partial charge in [-0.05, 0) is 31.9 Å². The molecule has 2 saturated heterocycles. The number of amides is 1. The van der Waals surface area contributed by atoms with E-state index in [9.17, 15) is 4.79 Å². The number of nitrogens with zero attached hydrogens (tertiary/aromatic N) is 4. The Balaban J connectivity index is 1.45. The molecule has 0 N–H and O–H groups in total. The Morgan fingerprint density at radius 3 is 2.88 bits per heavy atom. The van der Waals surface area contributed by atoms with Crippen LogP contribution in [0.4, 0.5) is 4.79 Å². The third-order valence-corrected chi connectivity index (χ3v) is 4.91. The molecular weight excluding hydrogens is 320 g/mol. The summed E-state index contributed by atoms with van der Waals surface area (Å²) in [6.07, 6.45) is 1.83. The number of piperidine rings is 1. The number of benzene rings is 1. The normalized spacial score (nSPS) is 24.5. The first kappa shape index (κ1) is 16.1. The predicted molar refractivity (Wildman–Crippen MR) is 89.8 cm³/mol. The van der Waals surface area contributed by atoms with E-state index >= 15 is 0 Å². The Bertz CT molecular complexity index is 733. The Labute approximate surface area is 146 Å². The van der Waals surface area contributed by atoms with Crippen LogP contribution in [-0.4, -0.2) is 52.4 Å². The van der Waals surface area contributed by atoms with Crippen molar-refractivity contribution < 1.29 is 14.1 Å². The standard InChI is InChI=1S/C18H22N4O3/c1-13-19-17(25-20-13)15-8-5-9-21(10-15)12-22-16(11-24-18(22)23)14-6-3-2-4-7-14/h2-4,6-7,15-16H,5,8-12H2,1H3/t15-,16+/m1/s1. The first-order chi connectivity index (χ1) is 12.2. The van der Waals surface area contributed by atoms with Crippen molar-refractivity contribution in [3.8, 4) is 0 Å². The van der Waals surface area contributed by atoms with Gasteiger partial charge in [0.2, 0.25) is 5.89 Å². The van der Waals surface area contributed by atoms with Crippen molar-refractivity contribution in [2.45, 2.75) is 31.7 Å². The average Bonchev–Trinajstić information content (AvgIpc) is 3.23. The lowest BCUT2D eigenvalue weighted by Crippen LogP contribution is -2.44. The van der Waals surface area contributed by atoms with E-state index in [-0.39, 0.29) is 18.1 Å². The van der Waals surface area contributed by atoms with Gasteiger partial charge in [0.15, 0.2) is 5.82 Å². The van der Waals surface area contributed by atoms with E-state index in [0.717, 1.165) is 31.5 Å². The van der Waals surface area contributed by atoms with Gasteiger partial charge in [0.25, 0.3) is 0 Å². The van der Waals surface area contributed by atoms with Crippen LogP contribution in [-0.2, 0) is 4.74 Å². The smallest absolute Gasteiger partial charge is 0.411 e. The summed E-state index contributed by atoms with van der Waals surface area (Å²) in [5, 5.41) is 3.89. The third kappa shape index (κ3) is 3.37. The van der Waals surface area contributed by atoms with Crippen LogP contribution in [0.15, 0.2) is 34.9 Å². The summed E-state index contributed by atoms with van der Waals surface area (Å²) >= 11 is 0. The zero-order valence-corrected chi connectivity index (χ0v) is 14.3. The molecule has 7 nitrogen and oxygen atoms in total. The average molecular weight is 342 g/mol. The number of hydrogen-bond acceptors (Lipinski definition) is 6. The second-order valence-corrected chi connectivity index (χ2v) is 6.71. The molecule has 2 fully saturated rings. The van der Waals surface area contributed by atoms with Crippen LogP contribution >= 0.6 is 0 Å². The van der Waals surface area contributed by atoms with Gasteiger partial charge in [0.1, 0.15) is 6.61 Å². The molecule has 1 amide bonds. The Morgan fingerprint density at radius 2 is 2.12 bits per heavy atom. The van der Waals surface area contributed by atoms with E-state index in [0.29, 0.717) is 25.0 Å². The summed E-state index contributed by atoms with van der Waals surface area (Å²) in [5.41, 5.74) is 1.11. The van der Waals surface area contributed by atoms with E-state index in [1.54, 1.807) is 0 Å². The predicted octanol–water partition coefficient (Wildman–Crippen LogP) is 2.71. The van der Waals surface area contributed by atoms with Crippen LogP contribution in [0.5, 0.6) is 0 Å². The monoisotopic (exact) mass is 342 g/mol. The van der Waals surface area contributed by atoms with Gasteiger partial charge in [-0.3, -0.25) is 9.80 Å². The van der Waals surface area contributed by atoms with Gasteiger partial charge in [-0.1, -0.05) is 35.5 Å². The zero-order chi connectivity index (χ0) is 17.2. The molecule has 0 aliphatic carbocycles. The van der Waals surface area contributed by atoms with Crippen LogP contribution in [0.1, 0.15) is 42.1 Å². The fourth-order valence-electron chi connectivity index (χ4n) is 3.64. The summed E-state index contributed by atoms with van der Waals surface area (Å²) < 4.78 is 10.6. The number of ether oxygens (including phenoxy) is 1. The molecule has 132 valence electrons. The number of likely N-dealkylation sites (tertiary alicyclic amines) is 1. The molecule has 0 radical (unpaired) electrons. The molecule has 2 aliphatic heterocycles. The topological polar surface area (TPSA) is 71.7 Å². The maximum absolute atomic E-state index is 12.2. The highest BCUT2D eigenvalue weighted by atomic mass is 16.6. The van der Waals surface area contributed by atoms with Gasteiger partial charge in [-0.2, -0.15) is 4.98 Å². The molecule has 0 unspecified atom stereocenters. The lowest BCUT2D eigenvalue weighted by Gasteiger charge is -2.34. The van der Waals surface area contributed by atoms with Gasteiger partial charge < -0.3 is 9.26 Å². The van der Waals surface area contributed by atoms with Crippen molar-refractivity contribution in [1.29, 1.82) is 0 Å². The lowest BCUT2D eigenvalue weighted by atomic mass is 9.98. The van der Waals surface area contributed by atoms with Crippen LogP contribution in [0, 0.1) is 6.92 Å². The van der Waals surface area contributed by atoms with Crippen molar-refractivity contribution in [3.05, 3.63) is 47.6 Å². The number of rotatable bonds is 4. The lowest BCUT2D eigenvalue weighted by molar-refractivity contribution is 0.0986. The molecule has 7 heteroatoms. The molecule has 2 aliphatic rings. The van der Waals surface area contributed by atoms with Gasteiger partial charge in [-0.15, -0.1) is 0 Å². The molecule has 4 rings (SSSR count). The second kappa shape index (κ2) is 6.84. The van der Waals surface area contributed by atoms with E-state index in [4.69, 9.17) is 9.26 Å². The highest BCUT2D eigenvalue weighted by molar-refractivity contribution is 5.70. The minimum absolute atomic E-state index is 0.0280. The fraction of sp³-hybridized carbons (Fsp3) is 0.500. The van der Waals surface area contributed by atoms with Crippen LogP contribution in [0.3, 0.4) is 0 Å². The quantitative estimate of drug-likeness (QED) is 0.851. The molecule has 0 spiro atoms. The summed E-state index contributed by atoms with van der Waals surface area (Å²) in [6, 6.07) is 10.0. The van der Waals surface area contributed by atoms with Gasteiger partial charge in [0, 0.05) is 6.54 Å². The van der Waals surface area contributed by atoms with Crippen molar-refractivity contribution in [3.63, 3.8) is 0 Å².